The summed E-state index contributed by atoms with van der Waals surface area (Å²) in [6.07, 6.45) is 1.97. The van der Waals surface area contributed by atoms with Crippen molar-refractivity contribution >= 4 is 0 Å². The van der Waals surface area contributed by atoms with Crippen LogP contribution in [0.1, 0.15) is 45.2 Å². The van der Waals surface area contributed by atoms with Gasteiger partial charge in [0.25, 0.3) is 0 Å². The number of benzene rings is 1. The minimum absolute atomic E-state index is 0.205. The van der Waals surface area contributed by atoms with Crippen LogP contribution in [0.5, 0.6) is 0 Å². The Morgan fingerprint density at radius 2 is 1.80 bits per heavy atom. The van der Waals surface area contributed by atoms with Gasteiger partial charge < -0.3 is 4.74 Å². The molecule has 0 spiro atoms. The van der Waals surface area contributed by atoms with Gasteiger partial charge in [0.15, 0.2) is 0 Å². The van der Waals surface area contributed by atoms with Crippen LogP contribution in [0.15, 0.2) is 24.3 Å². The van der Waals surface area contributed by atoms with Gasteiger partial charge in [0.05, 0.1) is 0 Å². The van der Waals surface area contributed by atoms with Gasteiger partial charge >= 0.3 is 0 Å². The summed E-state index contributed by atoms with van der Waals surface area (Å²) in [7, 11) is 1.74. The van der Waals surface area contributed by atoms with Gasteiger partial charge in [0.1, 0.15) is 0 Å². The molecule has 0 radical (unpaired) electrons. The summed E-state index contributed by atoms with van der Waals surface area (Å²) in [4.78, 5) is 0. The second kappa shape index (κ2) is 7.77. The molecule has 0 aliphatic rings. The zero-order valence-electron chi connectivity index (χ0n) is 13.6. The molecule has 2 unspecified atom stereocenters. The molecule has 114 valence electrons. The number of hydrogen-bond donors (Lipinski definition) is 2. The van der Waals surface area contributed by atoms with Crippen LogP contribution >= 0.6 is 0 Å². The summed E-state index contributed by atoms with van der Waals surface area (Å²) in [5.41, 5.74) is 5.83. The van der Waals surface area contributed by atoms with E-state index in [1.54, 1.807) is 7.11 Å². The molecule has 0 aliphatic heterocycles. The molecule has 3 N–H and O–H groups in total. The van der Waals surface area contributed by atoms with Gasteiger partial charge in [-0.05, 0) is 35.3 Å². The molecule has 0 aliphatic carbocycles. The number of nitrogens with one attached hydrogen (secondary N) is 1. The van der Waals surface area contributed by atoms with Crippen molar-refractivity contribution in [3.8, 4) is 0 Å². The Hall–Kier alpha value is -0.900. The van der Waals surface area contributed by atoms with Gasteiger partial charge in [-0.1, -0.05) is 52.0 Å². The lowest BCUT2D eigenvalue weighted by atomic mass is 9.86. The molecule has 2 atom stereocenters. The largest absolute Gasteiger partial charge is 0.384 e. The van der Waals surface area contributed by atoms with E-state index in [9.17, 15) is 0 Å². The van der Waals surface area contributed by atoms with E-state index < -0.39 is 0 Å². The predicted octanol–water partition coefficient (Wildman–Crippen LogP) is 3.03. The van der Waals surface area contributed by atoms with Gasteiger partial charge in [0.2, 0.25) is 0 Å². The van der Waals surface area contributed by atoms with Crippen LogP contribution in [-0.2, 0) is 16.6 Å². The lowest BCUT2D eigenvalue weighted by molar-refractivity contribution is 0.149. The van der Waals surface area contributed by atoms with Crippen molar-refractivity contribution in [2.45, 2.75) is 52.0 Å². The Morgan fingerprint density at radius 1 is 1.20 bits per heavy atom. The first-order valence-electron chi connectivity index (χ1n) is 7.41. The maximum absolute atomic E-state index is 5.67. The lowest BCUT2D eigenvalue weighted by Gasteiger charge is -2.22. The van der Waals surface area contributed by atoms with Gasteiger partial charge in [-0.25, -0.2) is 0 Å². The topological polar surface area (TPSA) is 47.3 Å². The third-order valence-electron chi connectivity index (χ3n) is 3.68. The molecule has 1 aromatic carbocycles. The monoisotopic (exact) mass is 278 g/mol. The van der Waals surface area contributed by atoms with Crippen LogP contribution in [0, 0.1) is 5.92 Å². The van der Waals surface area contributed by atoms with Crippen molar-refractivity contribution in [2.75, 3.05) is 13.7 Å². The second-order valence-electron chi connectivity index (χ2n) is 6.81. The van der Waals surface area contributed by atoms with Crippen molar-refractivity contribution in [3.63, 3.8) is 0 Å². The maximum atomic E-state index is 5.67. The minimum atomic E-state index is 0.205. The van der Waals surface area contributed by atoms with Crippen LogP contribution < -0.4 is 11.3 Å². The molecule has 0 fully saturated rings. The molecule has 20 heavy (non-hydrogen) atoms. The molecular formula is C17H30N2O. The average Bonchev–Trinajstić information content (AvgIpc) is 2.37. The van der Waals surface area contributed by atoms with E-state index in [1.165, 1.54) is 11.1 Å². The molecule has 0 saturated heterocycles. The zero-order chi connectivity index (χ0) is 15.2. The Kier molecular flexibility index (Phi) is 6.66. The number of hydrazine groups is 1. The molecule has 0 heterocycles. The molecule has 3 nitrogen and oxygen atoms in total. The van der Waals surface area contributed by atoms with Crippen molar-refractivity contribution in [2.24, 2.45) is 11.8 Å². The summed E-state index contributed by atoms with van der Waals surface area (Å²) in [5.74, 6) is 6.18. The SMILES string of the molecule is COCC(C)CC(Cc1ccc(C(C)(C)C)cc1)NN. The Bertz CT molecular complexity index is 381. The minimum Gasteiger partial charge on any atom is -0.384 e. The van der Waals surface area contributed by atoms with Crippen LogP contribution in [-0.4, -0.2) is 19.8 Å². The highest BCUT2D eigenvalue weighted by atomic mass is 16.5. The summed E-state index contributed by atoms with van der Waals surface area (Å²) >= 11 is 0. The third kappa shape index (κ3) is 5.61. The predicted molar refractivity (Wildman–Crippen MR) is 85.6 cm³/mol. The fourth-order valence-electron chi connectivity index (χ4n) is 2.47. The number of rotatable bonds is 7. The molecule has 0 saturated carbocycles. The Balaban J connectivity index is 2.61. The van der Waals surface area contributed by atoms with Crippen molar-refractivity contribution in [1.29, 1.82) is 0 Å². The molecule has 0 aromatic heterocycles. The van der Waals surface area contributed by atoms with Crippen LogP contribution in [0.2, 0.25) is 0 Å². The fraction of sp³-hybridized carbons (Fsp3) is 0.647. The first-order chi connectivity index (χ1) is 9.36. The van der Waals surface area contributed by atoms with Crippen LogP contribution in [0.3, 0.4) is 0 Å². The summed E-state index contributed by atoms with van der Waals surface area (Å²) in [5, 5.41) is 0. The number of hydrogen-bond acceptors (Lipinski definition) is 3. The molecule has 0 bridgehead atoms. The number of ether oxygens (including phenoxy) is 1. The summed E-state index contributed by atoms with van der Waals surface area (Å²) in [6, 6.07) is 9.17. The molecule has 3 heteroatoms. The Labute approximate surface area is 123 Å². The lowest BCUT2D eigenvalue weighted by Crippen LogP contribution is -2.38. The van der Waals surface area contributed by atoms with Gasteiger partial charge in [-0.2, -0.15) is 0 Å². The van der Waals surface area contributed by atoms with E-state index in [0.29, 0.717) is 12.0 Å². The third-order valence-corrected chi connectivity index (χ3v) is 3.68. The van der Waals surface area contributed by atoms with E-state index in [4.69, 9.17) is 10.6 Å². The first kappa shape index (κ1) is 17.2. The van der Waals surface area contributed by atoms with Crippen molar-refractivity contribution < 1.29 is 4.74 Å². The maximum Gasteiger partial charge on any atom is 0.0488 e. The summed E-state index contributed by atoms with van der Waals surface area (Å²) in [6.45, 7) is 9.67. The van der Waals surface area contributed by atoms with Crippen LogP contribution in [0.25, 0.3) is 0 Å². The quantitative estimate of drug-likeness (QED) is 0.595. The van der Waals surface area contributed by atoms with E-state index in [-0.39, 0.29) is 5.41 Å². The first-order valence-corrected chi connectivity index (χ1v) is 7.41. The zero-order valence-corrected chi connectivity index (χ0v) is 13.6. The number of nitrogens with two attached hydrogens (primary N) is 1. The number of methoxy groups -OCH3 is 1. The highest BCUT2D eigenvalue weighted by Gasteiger charge is 2.15. The fourth-order valence-corrected chi connectivity index (χ4v) is 2.47. The van der Waals surface area contributed by atoms with E-state index in [2.05, 4.69) is 57.4 Å². The molecule has 1 rings (SSSR count). The smallest absolute Gasteiger partial charge is 0.0488 e. The normalized spacial score (nSPS) is 15.1. The Morgan fingerprint density at radius 3 is 2.25 bits per heavy atom. The summed E-state index contributed by atoms with van der Waals surface area (Å²) < 4.78 is 5.18. The van der Waals surface area contributed by atoms with E-state index in [0.717, 1.165) is 19.4 Å². The average molecular weight is 278 g/mol. The molecule has 0 amide bonds. The van der Waals surface area contributed by atoms with Crippen molar-refractivity contribution in [3.05, 3.63) is 35.4 Å². The van der Waals surface area contributed by atoms with Crippen molar-refractivity contribution in [1.82, 2.24) is 5.43 Å². The molecule has 1 aromatic rings. The van der Waals surface area contributed by atoms with Gasteiger partial charge in [-0.3, -0.25) is 11.3 Å². The van der Waals surface area contributed by atoms with E-state index in [1.807, 2.05) is 0 Å². The van der Waals surface area contributed by atoms with E-state index >= 15 is 0 Å². The standard InChI is InChI=1S/C17H30N2O/c1-13(12-20-5)10-16(19-18)11-14-6-8-15(9-7-14)17(2,3)4/h6-9,13,16,19H,10-12,18H2,1-5H3. The second-order valence-corrected chi connectivity index (χ2v) is 6.81. The van der Waals surface area contributed by atoms with Gasteiger partial charge in [-0.15, -0.1) is 0 Å². The highest BCUT2D eigenvalue weighted by Crippen LogP contribution is 2.22. The van der Waals surface area contributed by atoms with Gasteiger partial charge in [0, 0.05) is 19.8 Å². The highest BCUT2D eigenvalue weighted by molar-refractivity contribution is 5.28. The molecular weight excluding hydrogens is 248 g/mol. The van der Waals surface area contributed by atoms with Crippen LogP contribution in [0.4, 0.5) is 0 Å².